The summed E-state index contributed by atoms with van der Waals surface area (Å²) >= 11 is 0. The van der Waals surface area contributed by atoms with Crippen molar-refractivity contribution in [3.05, 3.63) is 78.5 Å². The molecule has 0 spiro atoms. The zero-order chi connectivity index (χ0) is 23.2. The highest BCUT2D eigenvalue weighted by Gasteiger charge is 2.17. The lowest BCUT2D eigenvalue weighted by Crippen LogP contribution is -1.89. The molecule has 0 aliphatic carbocycles. The van der Waals surface area contributed by atoms with Crippen LogP contribution >= 0.6 is 0 Å². The summed E-state index contributed by atoms with van der Waals surface area (Å²) in [6.07, 6.45) is 5.34. The van der Waals surface area contributed by atoms with Crippen molar-refractivity contribution < 1.29 is 9.13 Å². The molecule has 34 heavy (non-hydrogen) atoms. The molecule has 7 nitrogen and oxygen atoms in total. The van der Waals surface area contributed by atoms with E-state index in [1.165, 1.54) is 19.2 Å². The zero-order valence-electron chi connectivity index (χ0n) is 18.4. The Hall–Kier alpha value is -4.59. The number of aromatic nitrogens is 6. The van der Waals surface area contributed by atoms with E-state index in [0.717, 1.165) is 44.3 Å². The van der Waals surface area contributed by atoms with Crippen molar-refractivity contribution in [2.24, 2.45) is 0 Å². The third-order valence-corrected chi connectivity index (χ3v) is 5.92. The minimum atomic E-state index is -0.369. The number of imidazole rings is 1. The third kappa shape index (κ3) is 3.27. The highest BCUT2D eigenvalue weighted by molar-refractivity contribution is 5.98. The minimum Gasteiger partial charge on any atom is -0.497 e. The Kier molecular flexibility index (Phi) is 4.58. The Morgan fingerprint density at radius 1 is 0.971 bits per heavy atom. The van der Waals surface area contributed by atoms with Gasteiger partial charge >= 0.3 is 0 Å². The fourth-order valence-corrected chi connectivity index (χ4v) is 4.19. The number of fused-ring (bicyclic) bond motifs is 2. The Morgan fingerprint density at radius 2 is 1.88 bits per heavy atom. The van der Waals surface area contributed by atoms with E-state index in [9.17, 15) is 4.39 Å². The molecule has 0 bridgehead atoms. The first-order valence-electron chi connectivity index (χ1n) is 10.7. The van der Waals surface area contributed by atoms with Crippen LogP contribution in [0.25, 0.3) is 55.8 Å². The molecule has 6 aromatic rings. The van der Waals surface area contributed by atoms with E-state index in [-0.39, 0.29) is 5.82 Å². The highest BCUT2D eigenvalue weighted by Crippen LogP contribution is 2.34. The predicted molar refractivity (Wildman–Crippen MR) is 129 cm³/mol. The van der Waals surface area contributed by atoms with Crippen molar-refractivity contribution in [2.75, 3.05) is 7.11 Å². The third-order valence-electron chi connectivity index (χ3n) is 5.92. The molecule has 0 atom stereocenters. The number of halogens is 1. The molecule has 0 amide bonds. The zero-order valence-corrected chi connectivity index (χ0v) is 18.4. The number of ether oxygens (including phenoxy) is 1. The van der Waals surface area contributed by atoms with Gasteiger partial charge in [0.1, 0.15) is 17.3 Å². The van der Waals surface area contributed by atoms with Crippen LogP contribution in [0.3, 0.4) is 0 Å². The molecule has 4 heterocycles. The van der Waals surface area contributed by atoms with Gasteiger partial charge in [0.25, 0.3) is 0 Å². The summed E-state index contributed by atoms with van der Waals surface area (Å²) in [4.78, 5) is 17.0. The summed E-state index contributed by atoms with van der Waals surface area (Å²) in [5.41, 5.74) is 7.37. The number of aromatic amines is 2. The molecule has 0 aliphatic heterocycles. The van der Waals surface area contributed by atoms with E-state index in [0.29, 0.717) is 22.8 Å². The quantitative estimate of drug-likeness (QED) is 0.360. The van der Waals surface area contributed by atoms with Gasteiger partial charge in [0.15, 0.2) is 5.82 Å². The molecule has 6 rings (SSSR count). The summed E-state index contributed by atoms with van der Waals surface area (Å²) in [5.74, 6) is 0.690. The SMILES string of the molecule is COc1cc(F)cc(-c2cccc3[nH]c(-c4n[nH]c5cnc(-c6cnccc6C)cc45)nc23)c1. The topological polar surface area (TPSA) is 92.4 Å². The number of rotatable bonds is 4. The first-order chi connectivity index (χ1) is 16.6. The monoisotopic (exact) mass is 450 g/mol. The fourth-order valence-electron chi connectivity index (χ4n) is 4.19. The molecule has 0 saturated heterocycles. The highest BCUT2D eigenvalue weighted by atomic mass is 19.1. The Bertz CT molecular complexity index is 1690. The van der Waals surface area contributed by atoms with Crippen LogP contribution in [0.1, 0.15) is 5.56 Å². The van der Waals surface area contributed by atoms with E-state index in [2.05, 4.69) is 25.1 Å². The van der Waals surface area contributed by atoms with Crippen LogP contribution in [0.2, 0.25) is 0 Å². The van der Waals surface area contributed by atoms with Gasteiger partial charge in [0, 0.05) is 35.0 Å². The maximum atomic E-state index is 14.2. The second kappa shape index (κ2) is 7.77. The van der Waals surface area contributed by atoms with Crippen LogP contribution in [0, 0.1) is 12.7 Å². The van der Waals surface area contributed by atoms with E-state index in [4.69, 9.17) is 9.72 Å². The molecule has 0 aliphatic rings. The van der Waals surface area contributed by atoms with Crippen LogP contribution in [0.4, 0.5) is 4.39 Å². The van der Waals surface area contributed by atoms with E-state index in [1.807, 2.05) is 43.5 Å². The molecule has 2 N–H and O–H groups in total. The summed E-state index contributed by atoms with van der Waals surface area (Å²) in [6.45, 7) is 2.03. The van der Waals surface area contributed by atoms with Gasteiger partial charge in [0.2, 0.25) is 0 Å². The average Bonchev–Trinajstić information content (AvgIpc) is 3.47. The van der Waals surface area contributed by atoms with E-state index >= 15 is 0 Å². The lowest BCUT2D eigenvalue weighted by atomic mass is 10.0. The second-order valence-corrected chi connectivity index (χ2v) is 8.04. The van der Waals surface area contributed by atoms with Crippen LogP contribution in [0.5, 0.6) is 5.75 Å². The molecular weight excluding hydrogens is 431 g/mol. The molecule has 166 valence electrons. The normalized spacial score (nSPS) is 11.4. The first kappa shape index (κ1) is 20.0. The Balaban J connectivity index is 1.51. The van der Waals surface area contributed by atoms with Gasteiger partial charge in [-0.05, 0) is 48.4 Å². The van der Waals surface area contributed by atoms with Gasteiger partial charge in [-0.1, -0.05) is 12.1 Å². The number of benzene rings is 2. The van der Waals surface area contributed by atoms with Gasteiger partial charge in [-0.15, -0.1) is 0 Å². The van der Waals surface area contributed by atoms with Crippen LogP contribution in [-0.2, 0) is 0 Å². The van der Waals surface area contributed by atoms with Gasteiger partial charge < -0.3 is 9.72 Å². The Morgan fingerprint density at radius 3 is 2.74 bits per heavy atom. The van der Waals surface area contributed by atoms with Gasteiger partial charge in [-0.25, -0.2) is 9.37 Å². The lowest BCUT2D eigenvalue weighted by molar-refractivity contribution is 0.411. The number of H-pyrrole nitrogens is 2. The van der Waals surface area contributed by atoms with Gasteiger partial charge in [-0.2, -0.15) is 5.10 Å². The smallest absolute Gasteiger partial charge is 0.159 e. The summed E-state index contributed by atoms with van der Waals surface area (Å²) in [7, 11) is 1.52. The fraction of sp³-hybridized carbons (Fsp3) is 0.0769. The standard InChI is InChI=1S/C26H19FN6O/c1-14-6-7-28-12-20(14)22-11-19-23(13-29-22)32-33-25(19)26-30-21-5-3-4-18(24(21)31-26)15-8-16(27)10-17(9-15)34-2/h3-13H,1-2H3,(H,30,31)(H,32,33). The molecule has 0 fully saturated rings. The number of aryl methyl sites for hydroxylation is 1. The first-order valence-corrected chi connectivity index (χ1v) is 10.7. The van der Waals surface area contributed by atoms with Gasteiger partial charge in [-0.3, -0.25) is 15.1 Å². The summed E-state index contributed by atoms with van der Waals surface area (Å²) in [5, 5.41) is 8.44. The molecule has 0 unspecified atom stereocenters. The van der Waals surface area contributed by atoms with Crippen molar-refractivity contribution in [1.82, 2.24) is 30.1 Å². The minimum absolute atomic E-state index is 0.369. The molecule has 4 aromatic heterocycles. The summed E-state index contributed by atoms with van der Waals surface area (Å²) in [6, 6.07) is 14.3. The number of para-hydroxylation sites is 1. The van der Waals surface area contributed by atoms with Crippen molar-refractivity contribution in [3.8, 4) is 39.7 Å². The number of nitrogens with zero attached hydrogens (tertiary/aromatic N) is 4. The summed E-state index contributed by atoms with van der Waals surface area (Å²) < 4.78 is 19.4. The lowest BCUT2D eigenvalue weighted by Gasteiger charge is -2.06. The van der Waals surface area contributed by atoms with Crippen molar-refractivity contribution in [2.45, 2.75) is 6.92 Å². The average molecular weight is 450 g/mol. The molecule has 0 radical (unpaired) electrons. The second-order valence-electron chi connectivity index (χ2n) is 8.04. The predicted octanol–water partition coefficient (Wildman–Crippen LogP) is 5.69. The van der Waals surface area contributed by atoms with Crippen molar-refractivity contribution >= 4 is 21.9 Å². The molecular formula is C26H19FN6O. The van der Waals surface area contributed by atoms with Crippen LogP contribution < -0.4 is 4.74 Å². The number of hydrogen-bond acceptors (Lipinski definition) is 5. The number of pyridine rings is 2. The molecule has 8 heteroatoms. The number of hydrogen-bond donors (Lipinski definition) is 2. The van der Waals surface area contributed by atoms with E-state index < -0.39 is 0 Å². The van der Waals surface area contributed by atoms with Crippen LogP contribution in [0.15, 0.2) is 67.1 Å². The van der Waals surface area contributed by atoms with Crippen LogP contribution in [-0.4, -0.2) is 37.2 Å². The maximum absolute atomic E-state index is 14.2. The molecule has 2 aromatic carbocycles. The number of nitrogens with one attached hydrogen (secondary N) is 2. The van der Waals surface area contributed by atoms with E-state index in [1.54, 1.807) is 18.5 Å². The maximum Gasteiger partial charge on any atom is 0.159 e. The largest absolute Gasteiger partial charge is 0.497 e. The van der Waals surface area contributed by atoms with Crippen molar-refractivity contribution in [3.63, 3.8) is 0 Å². The van der Waals surface area contributed by atoms with Gasteiger partial charge in [0.05, 0.1) is 35.6 Å². The van der Waals surface area contributed by atoms with Crippen molar-refractivity contribution in [1.29, 1.82) is 0 Å². The number of methoxy groups -OCH3 is 1. The molecule has 0 saturated carbocycles. The Labute approximate surface area is 193 Å².